The summed E-state index contributed by atoms with van der Waals surface area (Å²) in [6.45, 7) is 2.74. The van der Waals surface area contributed by atoms with E-state index in [-0.39, 0.29) is 5.69 Å². The van der Waals surface area contributed by atoms with Crippen LogP contribution < -0.4 is 5.32 Å². The van der Waals surface area contributed by atoms with Gasteiger partial charge in [0.1, 0.15) is 0 Å². The highest BCUT2D eigenvalue weighted by molar-refractivity contribution is 9.10. The van der Waals surface area contributed by atoms with Crippen molar-refractivity contribution in [3.05, 3.63) is 50.1 Å². The number of aromatic nitrogens is 2. The second kappa shape index (κ2) is 5.89. The van der Waals surface area contributed by atoms with Crippen LogP contribution in [0.5, 0.6) is 0 Å². The highest BCUT2D eigenvalue weighted by atomic mass is 79.9. The lowest BCUT2D eigenvalue weighted by molar-refractivity contribution is -0.384. The predicted molar refractivity (Wildman–Crippen MR) is 70.4 cm³/mol. The number of aryl methyl sites for hydroxylation is 1. The number of nitro benzene ring substituents is 1. The van der Waals surface area contributed by atoms with Crippen LogP contribution in [0.25, 0.3) is 0 Å². The van der Waals surface area contributed by atoms with Crippen LogP contribution in [-0.4, -0.2) is 15.1 Å². The fourth-order valence-electron chi connectivity index (χ4n) is 1.51. The van der Waals surface area contributed by atoms with Gasteiger partial charge in [0.05, 0.1) is 11.5 Å². The summed E-state index contributed by atoms with van der Waals surface area (Å²) >= 11 is 3.31. The van der Waals surface area contributed by atoms with Gasteiger partial charge >= 0.3 is 0 Å². The molecule has 19 heavy (non-hydrogen) atoms. The molecule has 0 amide bonds. The lowest BCUT2D eigenvalue weighted by Crippen LogP contribution is -2.13. The number of hydrogen-bond acceptors (Lipinski definition) is 6. The number of hydrogen-bond donors (Lipinski definition) is 1. The van der Waals surface area contributed by atoms with E-state index in [2.05, 4.69) is 31.4 Å². The lowest BCUT2D eigenvalue weighted by Gasteiger charge is -2.04. The van der Waals surface area contributed by atoms with Crippen molar-refractivity contribution in [2.45, 2.75) is 20.0 Å². The summed E-state index contributed by atoms with van der Waals surface area (Å²) < 4.78 is 5.65. The summed E-state index contributed by atoms with van der Waals surface area (Å²) in [5.41, 5.74) is 0.977. The largest absolute Gasteiger partial charge is 0.338 e. The quantitative estimate of drug-likeness (QED) is 0.669. The van der Waals surface area contributed by atoms with Gasteiger partial charge < -0.3 is 9.84 Å². The van der Waals surface area contributed by atoms with Crippen LogP contribution in [0.1, 0.15) is 17.3 Å². The average molecular weight is 327 g/mol. The molecular formula is C11H11BrN4O3. The van der Waals surface area contributed by atoms with Crippen LogP contribution in [0.4, 0.5) is 5.69 Å². The number of nitrogens with one attached hydrogen (secondary N) is 1. The zero-order valence-electron chi connectivity index (χ0n) is 10.1. The molecule has 8 heteroatoms. The predicted octanol–water partition coefficient (Wildman–Crippen LogP) is 2.34. The van der Waals surface area contributed by atoms with Crippen LogP contribution >= 0.6 is 15.9 Å². The maximum Gasteiger partial charge on any atom is 0.270 e. The number of rotatable bonds is 5. The molecule has 0 unspecified atom stereocenters. The number of nitro groups is 1. The Morgan fingerprint density at radius 1 is 1.47 bits per heavy atom. The minimum absolute atomic E-state index is 0.0585. The van der Waals surface area contributed by atoms with Gasteiger partial charge in [-0.05, 0) is 18.6 Å². The monoisotopic (exact) mass is 326 g/mol. The molecule has 0 atom stereocenters. The first kappa shape index (κ1) is 13.6. The molecule has 2 aromatic rings. The van der Waals surface area contributed by atoms with E-state index in [0.717, 1.165) is 5.56 Å². The van der Waals surface area contributed by atoms with Crippen molar-refractivity contribution in [1.29, 1.82) is 0 Å². The first-order chi connectivity index (χ1) is 9.06. The van der Waals surface area contributed by atoms with Crippen molar-refractivity contribution in [2.24, 2.45) is 0 Å². The summed E-state index contributed by atoms with van der Waals surface area (Å²) in [4.78, 5) is 14.2. The molecule has 7 nitrogen and oxygen atoms in total. The molecule has 100 valence electrons. The van der Waals surface area contributed by atoms with Gasteiger partial charge in [-0.25, -0.2) is 0 Å². The number of benzene rings is 1. The molecule has 1 N–H and O–H groups in total. The van der Waals surface area contributed by atoms with Gasteiger partial charge in [-0.3, -0.25) is 10.1 Å². The minimum Gasteiger partial charge on any atom is -0.338 e. The Morgan fingerprint density at radius 2 is 2.26 bits per heavy atom. The van der Waals surface area contributed by atoms with Crippen molar-refractivity contribution in [3.63, 3.8) is 0 Å². The zero-order valence-corrected chi connectivity index (χ0v) is 11.7. The SMILES string of the molecule is Cc1noc(CNCc2ccc([N+](=O)[O-])cc2Br)n1. The lowest BCUT2D eigenvalue weighted by atomic mass is 10.2. The summed E-state index contributed by atoms with van der Waals surface area (Å²) in [6, 6.07) is 4.65. The van der Waals surface area contributed by atoms with E-state index in [1.165, 1.54) is 12.1 Å². The van der Waals surface area contributed by atoms with Crippen molar-refractivity contribution in [2.75, 3.05) is 0 Å². The molecule has 2 rings (SSSR count). The van der Waals surface area contributed by atoms with Gasteiger partial charge in [0.25, 0.3) is 5.69 Å². The molecule has 0 saturated carbocycles. The van der Waals surface area contributed by atoms with Crippen LogP contribution in [0.15, 0.2) is 27.2 Å². The molecule has 1 aromatic carbocycles. The van der Waals surface area contributed by atoms with Gasteiger partial charge in [0.15, 0.2) is 5.82 Å². The standard InChI is InChI=1S/C11H11BrN4O3/c1-7-14-11(19-15-7)6-13-5-8-2-3-9(16(17)18)4-10(8)12/h2-4,13H,5-6H2,1H3. The molecule has 0 aliphatic heterocycles. The molecule has 0 fully saturated rings. The first-order valence-electron chi connectivity index (χ1n) is 5.49. The van der Waals surface area contributed by atoms with E-state index in [9.17, 15) is 10.1 Å². The third-order valence-electron chi connectivity index (χ3n) is 2.41. The number of halogens is 1. The molecular weight excluding hydrogens is 316 g/mol. The van der Waals surface area contributed by atoms with Crippen molar-refractivity contribution < 1.29 is 9.45 Å². The smallest absolute Gasteiger partial charge is 0.270 e. The molecule has 0 saturated heterocycles. The van der Waals surface area contributed by atoms with E-state index in [0.29, 0.717) is 29.3 Å². The minimum atomic E-state index is -0.427. The van der Waals surface area contributed by atoms with Crippen LogP contribution in [0, 0.1) is 17.0 Å². The van der Waals surface area contributed by atoms with Crippen molar-refractivity contribution in [1.82, 2.24) is 15.5 Å². The van der Waals surface area contributed by atoms with Crippen molar-refractivity contribution in [3.8, 4) is 0 Å². The third kappa shape index (κ3) is 3.58. The highest BCUT2D eigenvalue weighted by Gasteiger charge is 2.09. The Bertz CT molecular complexity index is 599. The van der Waals surface area contributed by atoms with E-state index in [4.69, 9.17) is 4.52 Å². The molecule has 0 aliphatic rings. The maximum atomic E-state index is 10.6. The van der Waals surface area contributed by atoms with Gasteiger partial charge in [-0.1, -0.05) is 21.1 Å². The van der Waals surface area contributed by atoms with Crippen molar-refractivity contribution >= 4 is 21.6 Å². The molecule has 0 spiro atoms. The fourth-order valence-corrected chi connectivity index (χ4v) is 2.02. The highest BCUT2D eigenvalue weighted by Crippen LogP contribution is 2.22. The molecule has 1 heterocycles. The van der Waals surface area contributed by atoms with Gasteiger partial charge in [-0.2, -0.15) is 4.98 Å². The summed E-state index contributed by atoms with van der Waals surface area (Å²) in [7, 11) is 0. The maximum absolute atomic E-state index is 10.6. The van der Waals surface area contributed by atoms with Gasteiger partial charge in [0.2, 0.25) is 5.89 Å². The molecule has 0 aliphatic carbocycles. The second-order valence-corrected chi connectivity index (χ2v) is 4.73. The van der Waals surface area contributed by atoms with Crippen LogP contribution in [-0.2, 0) is 13.1 Å². The first-order valence-corrected chi connectivity index (χ1v) is 6.28. The Balaban J connectivity index is 1.94. The Morgan fingerprint density at radius 3 is 2.84 bits per heavy atom. The summed E-state index contributed by atoms with van der Waals surface area (Å²) in [5, 5.41) is 17.4. The van der Waals surface area contributed by atoms with E-state index in [1.807, 2.05) is 0 Å². The zero-order chi connectivity index (χ0) is 13.8. The Kier molecular flexibility index (Phi) is 4.23. The van der Waals surface area contributed by atoms with Gasteiger partial charge in [-0.15, -0.1) is 0 Å². The fraction of sp³-hybridized carbons (Fsp3) is 0.273. The van der Waals surface area contributed by atoms with Crippen LogP contribution in [0.2, 0.25) is 0 Å². The second-order valence-electron chi connectivity index (χ2n) is 3.87. The average Bonchev–Trinajstić information content (AvgIpc) is 2.77. The topological polar surface area (TPSA) is 94.1 Å². The number of non-ortho nitro benzene ring substituents is 1. The molecule has 0 radical (unpaired) electrons. The summed E-state index contributed by atoms with van der Waals surface area (Å²) in [6.07, 6.45) is 0. The Labute approximate surface area is 117 Å². The van der Waals surface area contributed by atoms with Gasteiger partial charge in [0, 0.05) is 23.2 Å². The van der Waals surface area contributed by atoms with E-state index >= 15 is 0 Å². The number of nitrogens with zero attached hydrogens (tertiary/aromatic N) is 3. The Hall–Kier alpha value is -1.80. The van der Waals surface area contributed by atoms with Crippen LogP contribution in [0.3, 0.4) is 0 Å². The normalized spacial score (nSPS) is 10.6. The third-order valence-corrected chi connectivity index (χ3v) is 3.15. The summed E-state index contributed by atoms with van der Waals surface area (Å²) in [5.74, 6) is 1.10. The molecule has 0 bridgehead atoms. The molecule has 1 aromatic heterocycles. The van der Waals surface area contributed by atoms with E-state index < -0.39 is 4.92 Å². The van der Waals surface area contributed by atoms with E-state index in [1.54, 1.807) is 13.0 Å².